The molecule has 1 aromatic rings. The Bertz CT molecular complexity index is 395. The molecule has 0 radical (unpaired) electrons. The third-order valence-corrected chi connectivity index (χ3v) is 3.30. The predicted molar refractivity (Wildman–Crippen MR) is 83.1 cm³/mol. The van der Waals surface area contributed by atoms with Crippen LogP contribution in [0.4, 0.5) is 0 Å². The number of benzene rings is 1. The summed E-state index contributed by atoms with van der Waals surface area (Å²) in [6.07, 6.45) is 0. The highest BCUT2D eigenvalue weighted by Crippen LogP contribution is 2.28. The molecule has 0 amide bonds. The zero-order valence-electron chi connectivity index (χ0n) is 13.4. The molecule has 0 aliphatic carbocycles. The number of hydrogen-bond donors (Lipinski definition) is 1. The summed E-state index contributed by atoms with van der Waals surface area (Å²) in [5, 5.41) is 10.1. The third kappa shape index (κ3) is 4.36. The average Bonchev–Trinajstić information content (AvgIpc) is 2.26. The summed E-state index contributed by atoms with van der Waals surface area (Å²) < 4.78 is 5.32. The molecule has 0 aromatic heterocycles. The van der Waals surface area contributed by atoms with Gasteiger partial charge in [-0.15, -0.1) is 0 Å². The lowest BCUT2D eigenvalue weighted by atomic mass is 9.72. The van der Waals surface area contributed by atoms with Crippen molar-refractivity contribution in [1.82, 2.24) is 0 Å². The van der Waals surface area contributed by atoms with Crippen molar-refractivity contribution < 1.29 is 9.68 Å². The normalized spacial score (nSPS) is 12.6. The van der Waals surface area contributed by atoms with Gasteiger partial charge in [-0.1, -0.05) is 59.7 Å². The Hall–Kier alpha value is -0.795. The molecule has 0 aliphatic heterocycles. The molecule has 1 rings (SSSR count). The standard InChI is InChI=1S/C16H27BO2/c1-8-19-17(18)14-10-12(15(2,3)4)9-13(11-14)16(5,6)7/h9-11,18H,8H2,1-7H3. The molecule has 1 aromatic carbocycles. The molecular formula is C16H27BO2. The van der Waals surface area contributed by atoms with Crippen LogP contribution in [0.2, 0.25) is 0 Å². The van der Waals surface area contributed by atoms with E-state index >= 15 is 0 Å². The van der Waals surface area contributed by atoms with Crippen molar-refractivity contribution in [2.45, 2.75) is 59.3 Å². The SMILES string of the molecule is CCOB(O)c1cc(C(C)(C)C)cc(C(C)(C)C)c1. The Balaban J connectivity index is 3.33. The largest absolute Gasteiger partial charge is 0.491 e. The lowest BCUT2D eigenvalue weighted by Crippen LogP contribution is -2.36. The van der Waals surface area contributed by atoms with E-state index in [1.54, 1.807) is 0 Å². The Kier molecular flexibility index (Phi) is 4.86. The molecular weight excluding hydrogens is 235 g/mol. The van der Waals surface area contributed by atoms with Crippen molar-refractivity contribution in [3.05, 3.63) is 29.3 Å². The van der Waals surface area contributed by atoms with Crippen LogP contribution in [0.15, 0.2) is 18.2 Å². The zero-order valence-corrected chi connectivity index (χ0v) is 13.4. The first-order valence-electron chi connectivity index (χ1n) is 7.01. The molecule has 0 fully saturated rings. The molecule has 0 saturated carbocycles. The Morgan fingerprint density at radius 2 is 1.37 bits per heavy atom. The van der Waals surface area contributed by atoms with E-state index < -0.39 is 7.12 Å². The highest BCUT2D eigenvalue weighted by atomic mass is 16.5. The van der Waals surface area contributed by atoms with E-state index in [4.69, 9.17) is 4.65 Å². The highest BCUT2D eigenvalue weighted by Gasteiger charge is 2.24. The lowest BCUT2D eigenvalue weighted by Gasteiger charge is -2.26. The summed E-state index contributed by atoms with van der Waals surface area (Å²) in [7, 11) is -0.839. The van der Waals surface area contributed by atoms with Gasteiger partial charge in [0.15, 0.2) is 0 Å². The first kappa shape index (κ1) is 16.3. The highest BCUT2D eigenvalue weighted by molar-refractivity contribution is 6.60. The van der Waals surface area contributed by atoms with Crippen LogP contribution >= 0.6 is 0 Å². The molecule has 0 atom stereocenters. The summed E-state index contributed by atoms with van der Waals surface area (Å²) in [6.45, 7) is 15.5. The van der Waals surface area contributed by atoms with Gasteiger partial charge in [-0.05, 0) is 34.3 Å². The molecule has 0 aliphatic rings. The third-order valence-electron chi connectivity index (χ3n) is 3.30. The average molecular weight is 262 g/mol. The summed E-state index contributed by atoms with van der Waals surface area (Å²) in [6, 6.07) is 6.34. The Morgan fingerprint density at radius 1 is 0.947 bits per heavy atom. The van der Waals surface area contributed by atoms with Crippen molar-refractivity contribution in [2.24, 2.45) is 0 Å². The van der Waals surface area contributed by atoms with Gasteiger partial charge in [0.2, 0.25) is 0 Å². The molecule has 0 bridgehead atoms. The minimum Gasteiger partial charge on any atom is -0.423 e. The zero-order chi connectivity index (χ0) is 14.8. The van der Waals surface area contributed by atoms with E-state index in [1.807, 2.05) is 6.92 Å². The van der Waals surface area contributed by atoms with Gasteiger partial charge in [-0.2, -0.15) is 0 Å². The maximum absolute atomic E-state index is 10.1. The minimum absolute atomic E-state index is 0.0575. The Morgan fingerprint density at radius 3 is 1.68 bits per heavy atom. The van der Waals surface area contributed by atoms with E-state index in [2.05, 4.69) is 59.7 Å². The first-order chi connectivity index (χ1) is 8.55. The van der Waals surface area contributed by atoms with E-state index in [1.165, 1.54) is 11.1 Å². The lowest BCUT2D eigenvalue weighted by molar-refractivity contribution is 0.287. The maximum atomic E-state index is 10.1. The minimum atomic E-state index is -0.839. The van der Waals surface area contributed by atoms with Gasteiger partial charge >= 0.3 is 7.12 Å². The van der Waals surface area contributed by atoms with Crippen molar-refractivity contribution in [3.8, 4) is 0 Å². The summed E-state index contributed by atoms with van der Waals surface area (Å²) in [5.74, 6) is 0. The van der Waals surface area contributed by atoms with Crippen LogP contribution in [0.5, 0.6) is 0 Å². The van der Waals surface area contributed by atoms with Gasteiger partial charge in [0.05, 0.1) is 0 Å². The Labute approximate surface area is 118 Å². The van der Waals surface area contributed by atoms with E-state index in [9.17, 15) is 5.02 Å². The molecule has 106 valence electrons. The van der Waals surface area contributed by atoms with Crippen LogP contribution in [-0.2, 0) is 15.5 Å². The van der Waals surface area contributed by atoms with Gasteiger partial charge in [0, 0.05) is 6.61 Å². The smallest absolute Gasteiger partial charge is 0.423 e. The number of hydrogen-bond acceptors (Lipinski definition) is 2. The van der Waals surface area contributed by atoms with Crippen molar-refractivity contribution in [3.63, 3.8) is 0 Å². The van der Waals surface area contributed by atoms with Crippen LogP contribution in [-0.4, -0.2) is 18.7 Å². The molecule has 0 saturated heterocycles. The van der Waals surface area contributed by atoms with Gasteiger partial charge in [0.1, 0.15) is 0 Å². The van der Waals surface area contributed by atoms with E-state index in [-0.39, 0.29) is 10.8 Å². The fourth-order valence-corrected chi connectivity index (χ4v) is 1.91. The van der Waals surface area contributed by atoms with Gasteiger partial charge in [0.25, 0.3) is 0 Å². The molecule has 19 heavy (non-hydrogen) atoms. The van der Waals surface area contributed by atoms with Crippen molar-refractivity contribution in [2.75, 3.05) is 6.61 Å². The van der Waals surface area contributed by atoms with Crippen molar-refractivity contribution in [1.29, 1.82) is 0 Å². The quantitative estimate of drug-likeness (QED) is 0.848. The maximum Gasteiger partial charge on any atom is 0.491 e. The second kappa shape index (κ2) is 5.68. The van der Waals surface area contributed by atoms with E-state index in [0.29, 0.717) is 6.61 Å². The van der Waals surface area contributed by atoms with Crippen LogP contribution in [0.25, 0.3) is 0 Å². The van der Waals surface area contributed by atoms with Gasteiger partial charge in [-0.25, -0.2) is 0 Å². The van der Waals surface area contributed by atoms with Gasteiger partial charge in [-0.3, -0.25) is 0 Å². The van der Waals surface area contributed by atoms with Gasteiger partial charge < -0.3 is 9.68 Å². The molecule has 0 unspecified atom stereocenters. The molecule has 2 nitrogen and oxygen atoms in total. The summed E-state index contributed by atoms with van der Waals surface area (Å²) >= 11 is 0. The topological polar surface area (TPSA) is 29.5 Å². The summed E-state index contributed by atoms with van der Waals surface area (Å²) in [4.78, 5) is 0. The molecule has 1 N–H and O–H groups in total. The second-order valence-corrected chi connectivity index (χ2v) is 7.15. The van der Waals surface area contributed by atoms with Crippen LogP contribution in [0.1, 0.15) is 59.6 Å². The fraction of sp³-hybridized carbons (Fsp3) is 0.625. The first-order valence-corrected chi connectivity index (χ1v) is 7.01. The van der Waals surface area contributed by atoms with Crippen LogP contribution in [0.3, 0.4) is 0 Å². The van der Waals surface area contributed by atoms with Crippen LogP contribution in [0, 0.1) is 0 Å². The molecule has 3 heteroatoms. The van der Waals surface area contributed by atoms with Crippen LogP contribution < -0.4 is 5.46 Å². The number of rotatable bonds is 3. The van der Waals surface area contributed by atoms with Crippen molar-refractivity contribution >= 4 is 12.6 Å². The van der Waals surface area contributed by atoms with E-state index in [0.717, 1.165) is 5.46 Å². The molecule has 0 heterocycles. The summed E-state index contributed by atoms with van der Waals surface area (Å²) in [5.41, 5.74) is 3.42. The fourth-order valence-electron chi connectivity index (χ4n) is 1.91. The molecule has 0 spiro atoms. The predicted octanol–water partition coefficient (Wildman–Crippen LogP) is 3.01. The monoisotopic (exact) mass is 262 g/mol. The second-order valence-electron chi connectivity index (χ2n) is 7.15.